The van der Waals surface area contributed by atoms with Gasteiger partial charge < -0.3 is 15.0 Å². The number of hydrogen-bond acceptors (Lipinski definition) is 6. The van der Waals surface area contributed by atoms with E-state index < -0.39 is 33.5 Å². The first-order chi connectivity index (χ1) is 17.4. The van der Waals surface area contributed by atoms with E-state index in [0.717, 1.165) is 16.7 Å². The third kappa shape index (κ3) is 7.35. The van der Waals surface area contributed by atoms with Crippen LogP contribution in [-0.2, 0) is 32.3 Å². The number of rotatable bonds is 6. The highest BCUT2D eigenvalue weighted by Gasteiger charge is 2.48. The first-order valence-corrected chi connectivity index (χ1v) is 14.9. The second-order valence-electron chi connectivity index (χ2n) is 10.5. The zero-order valence-electron chi connectivity index (χ0n) is 21.5. The predicted octanol–water partition coefficient (Wildman–Crippen LogP) is 3.73. The molecule has 2 fully saturated rings. The van der Waals surface area contributed by atoms with Crippen molar-refractivity contribution in [3.8, 4) is 0 Å². The average Bonchev–Trinajstić information content (AvgIpc) is 3.25. The fraction of sp³-hybridized carbons (Fsp3) is 0.444. The van der Waals surface area contributed by atoms with Gasteiger partial charge in [-0.05, 0) is 38.8 Å². The number of amidine groups is 1. The summed E-state index contributed by atoms with van der Waals surface area (Å²) in [6.45, 7) is 7.72. The van der Waals surface area contributed by atoms with Crippen LogP contribution in [0.25, 0.3) is 0 Å². The average molecular weight is 544 g/mol. The number of fused-ring (bicyclic) bond motifs is 1. The van der Waals surface area contributed by atoms with Crippen LogP contribution in [0.5, 0.6) is 0 Å². The number of alkyl carbamates (subject to hydrolysis) is 1. The van der Waals surface area contributed by atoms with Crippen molar-refractivity contribution in [2.24, 2.45) is 4.99 Å². The lowest BCUT2D eigenvalue weighted by Gasteiger charge is -2.25. The Morgan fingerprint density at radius 1 is 1.08 bits per heavy atom. The molecule has 0 bridgehead atoms. The summed E-state index contributed by atoms with van der Waals surface area (Å²) in [7, 11) is -3.16. The standard InChI is InChI=1S/C27H33N3O5S2/c1-18-10-12-20(13-11-18)15-30-22-16-37(33,34)17-23(22)36-25(30)29-24(31)21(14-19-8-6-5-7-9-19)28-26(32)35-27(2,3)4/h5-13,21-23H,14-17H2,1-4H3,(H,28,32)/t21-,22-,23-/m0/s1. The summed E-state index contributed by atoms with van der Waals surface area (Å²) in [5.74, 6) is -0.411. The molecule has 1 N–H and O–H groups in total. The molecule has 198 valence electrons. The van der Waals surface area contributed by atoms with E-state index in [1.54, 1.807) is 20.8 Å². The van der Waals surface area contributed by atoms with E-state index in [-0.39, 0.29) is 29.2 Å². The molecular formula is C27H33N3O5S2. The maximum Gasteiger partial charge on any atom is 0.408 e. The van der Waals surface area contributed by atoms with E-state index in [0.29, 0.717) is 11.7 Å². The molecule has 2 aliphatic rings. The van der Waals surface area contributed by atoms with Crippen molar-refractivity contribution in [3.63, 3.8) is 0 Å². The molecule has 37 heavy (non-hydrogen) atoms. The Kier molecular flexibility index (Phi) is 7.99. The fourth-order valence-corrected chi connectivity index (χ4v) is 8.34. The van der Waals surface area contributed by atoms with Gasteiger partial charge in [-0.2, -0.15) is 4.99 Å². The molecule has 0 saturated carbocycles. The van der Waals surface area contributed by atoms with Crippen LogP contribution in [0, 0.1) is 6.92 Å². The molecule has 0 spiro atoms. The second kappa shape index (κ2) is 10.9. The number of aliphatic imine (C=N–C) groups is 1. The minimum atomic E-state index is -3.16. The summed E-state index contributed by atoms with van der Waals surface area (Å²) in [4.78, 5) is 32.4. The number of aryl methyl sites for hydroxylation is 1. The van der Waals surface area contributed by atoms with Crippen molar-refractivity contribution < 1.29 is 22.7 Å². The Morgan fingerprint density at radius 3 is 2.41 bits per heavy atom. The maximum atomic E-state index is 13.5. The van der Waals surface area contributed by atoms with Crippen LogP contribution in [0.4, 0.5) is 4.79 Å². The molecule has 2 aliphatic heterocycles. The first-order valence-electron chi connectivity index (χ1n) is 12.2. The zero-order chi connectivity index (χ0) is 26.8. The van der Waals surface area contributed by atoms with Crippen LogP contribution < -0.4 is 5.32 Å². The molecule has 2 aromatic rings. The van der Waals surface area contributed by atoms with E-state index >= 15 is 0 Å². The van der Waals surface area contributed by atoms with Crippen LogP contribution in [0.1, 0.15) is 37.5 Å². The smallest absolute Gasteiger partial charge is 0.408 e. The van der Waals surface area contributed by atoms with Gasteiger partial charge in [-0.25, -0.2) is 13.2 Å². The molecule has 0 unspecified atom stereocenters. The molecular weight excluding hydrogens is 510 g/mol. The molecule has 2 aromatic carbocycles. The van der Waals surface area contributed by atoms with Gasteiger partial charge in [-0.1, -0.05) is 71.9 Å². The Morgan fingerprint density at radius 2 is 1.76 bits per heavy atom. The van der Waals surface area contributed by atoms with Crippen LogP contribution in [0.15, 0.2) is 59.6 Å². The minimum absolute atomic E-state index is 0.0351. The number of nitrogens with one attached hydrogen (secondary N) is 1. The zero-order valence-corrected chi connectivity index (χ0v) is 23.1. The molecule has 8 nitrogen and oxygen atoms in total. The molecule has 4 rings (SSSR count). The van der Waals surface area contributed by atoms with E-state index in [2.05, 4.69) is 10.3 Å². The summed E-state index contributed by atoms with van der Waals surface area (Å²) in [5.41, 5.74) is 2.28. The van der Waals surface area contributed by atoms with Crippen molar-refractivity contribution in [2.45, 2.75) is 63.6 Å². The Bertz CT molecular complexity index is 1270. The number of sulfone groups is 1. The number of thioether (sulfide) groups is 1. The number of hydrogen-bond donors (Lipinski definition) is 1. The monoisotopic (exact) mass is 543 g/mol. The highest BCUT2D eigenvalue weighted by Crippen LogP contribution is 2.39. The van der Waals surface area contributed by atoms with E-state index in [4.69, 9.17) is 4.74 Å². The Balaban J connectivity index is 1.60. The third-order valence-corrected chi connectivity index (χ3v) is 9.37. The maximum absolute atomic E-state index is 13.5. The second-order valence-corrected chi connectivity index (χ2v) is 13.9. The normalized spacial score (nSPS) is 22.5. The number of benzene rings is 2. The van der Waals surface area contributed by atoms with Crippen molar-refractivity contribution in [1.82, 2.24) is 10.2 Å². The first kappa shape index (κ1) is 27.2. The van der Waals surface area contributed by atoms with Gasteiger partial charge in [0.1, 0.15) is 11.6 Å². The summed E-state index contributed by atoms with van der Waals surface area (Å²) >= 11 is 1.33. The van der Waals surface area contributed by atoms with Gasteiger partial charge in [0, 0.05) is 18.2 Å². The van der Waals surface area contributed by atoms with E-state index in [9.17, 15) is 18.0 Å². The van der Waals surface area contributed by atoms with E-state index in [1.165, 1.54) is 11.8 Å². The Labute approximate surface area is 222 Å². The molecule has 0 aromatic heterocycles. The Hall–Kier alpha value is -2.85. The summed E-state index contributed by atoms with van der Waals surface area (Å²) in [6.07, 6.45) is -0.444. The molecule has 2 heterocycles. The summed E-state index contributed by atoms with van der Waals surface area (Å²) in [6, 6.07) is 16.2. The third-order valence-electron chi connectivity index (χ3n) is 6.13. The highest BCUT2D eigenvalue weighted by atomic mass is 32.2. The molecule has 0 radical (unpaired) electrons. The van der Waals surface area contributed by atoms with Gasteiger partial charge in [0.25, 0.3) is 5.91 Å². The summed E-state index contributed by atoms with van der Waals surface area (Å²) < 4.78 is 30.1. The van der Waals surface area contributed by atoms with E-state index in [1.807, 2.05) is 66.4 Å². The number of nitrogens with zero attached hydrogens (tertiary/aromatic N) is 2. The quantitative estimate of drug-likeness (QED) is 0.592. The molecule has 10 heteroatoms. The molecule has 2 saturated heterocycles. The van der Waals surface area contributed by atoms with Crippen LogP contribution >= 0.6 is 11.8 Å². The topological polar surface area (TPSA) is 105 Å². The number of amides is 2. The van der Waals surface area contributed by atoms with Gasteiger partial charge >= 0.3 is 6.09 Å². The fourth-order valence-electron chi connectivity index (χ4n) is 4.38. The predicted molar refractivity (Wildman–Crippen MR) is 146 cm³/mol. The van der Waals surface area contributed by atoms with Crippen molar-refractivity contribution in [1.29, 1.82) is 0 Å². The molecule has 3 atom stereocenters. The van der Waals surface area contributed by atoms with Crippen molar-refractivity contribution in [2.75, 3.05) is 11.5 Å². The van der Waals surface area contributed by atoms with Crippen LogP contribution in [0.2, 0.25) is 0 Å². The van der Waals surface area contributed by atoms with Gasteiger partial charge in [-0.15, -0.1) is 0 Å². The molecule has 0 aliphatic carbocycles. The minimum Gasteiger partial charge on any atom is -0.444 e. The van der Waals surface area contributed by atoms with Crippen LogP contribution in [0.3, 0.4) is 0 Å². The number of ether oxygens (including phenoxy) is 1. The highest BCUT2D eigenvalue weighted by molar-refractivity contribution is 8.15. The summed E-state index contributed by atoms with van der Waals surface area (Å²) in [5, 5.41) is 2.99. The largest absolute Gasteiger partial charge is 0.444 e. The lowest BCUT2D eigenvalue weighted by molar-refractivity contribution is -0.119. The lowest BCUT2D eigenvalue weighted by Crippen LogP contribution is -2.45. The lowest BCUT2D eigenvalue weighted by atomic mass is 10.1. The van der Waals surface area contributed by atoms with Crippen molar-refractivity contribution >= 4 is 38.8 Å². The number of carbonyl (C=O) groups is 2. The van der Waals surface area contributed by atoms with Gasteiger partial charge in [-0.3, -0.25) is 4.79 Å². The van der Waals surface area contributed by atoms with Gasteiger partial charge in [0.05, 0.1) is 17.5 Å². The van der Waals surface area contributed by atoms with Crippen molar-refractivity contribution in [3.05, 3.63) is 71.3 Å². The van der Waals surface area contributed by atoms with Crippen LogP contribution in [-0.4, -0.2) is 64.9 Å². The van der Waals surface area contributed by atoms with Gasteiger partial charge in [0.15, 0.2) is 15.0 Å². The van der Waals surface area contributed by atoms with Gasteiger partial charge in [0.2, 0.25) is 0 Å². The number of carbonyl (C=O) groups excluding carboxylic acids is 2. The molecule has 2 amide bonds. The SMILES string of the molecule is Cc1ccc(CN2C(=NC(=O)[C@H](Cc3ccccc3)NC(=O)OC(C)(C)C)S[C@H]3CS(=O)(=O)C[C@@H]32)cc1.